The Labute approximate surface area is 121 Å². The highest BCUT2D eigenvalue weighted by Gasteiger charge is 2.35. The molecular weight excluding hydrogens is 250 g/mol. The second kappa shape index (κ2) is 5.65. The van der Waals surface area contributed by atoms with E-state index in [0.717, 1.165) is 18.0 Å². The third kappa shape index (κ3) is 2.64. The standard InChI is InChI=1S/C17H25NO2/c1-12(14-9-15(19)11-16(20)10-14)18-8-4-6-13-5-2-3-7-17(13)18/h9-13,17,19-20H,2-8H2,1H3/t12?,13-,17-/m1/s1. The van der Waals surface area contributed by atoms with Crippen molar-refractivity contribution in [1.29, 1.82) is 0 Å². The van der Waals surface area contributed by atoms with Gasteiger partial charge in [-0.1, -0.05) is 12.8 Å². The molecule has 1 aliphatic heterocycles. The lowest BCUT2D eigenvalue weighted by Crippen LogP contribution is -2.47. The molecule has 0 amide bonds. The van der Waals surface area contributed by atoms with Gasteiger partial charge in [0, 0.05) is 18.2 Å². The molecule has 2 N–H and O–H groups in total. The molecule has 2 aliphatic rings. The Morgan fingerprint density at radius 2 is 1.65 bits per heavy atom. The molecule has 1 heterocycles. The molecule has 1 saturated heterocycles. The average Bonchev–Trinajstić information content (AvgIpc) is 2.45. The highest BCUT2D eigenvalue weighted by molar-refractivity contribution is 5.38. The summed E-state index contributed by atoms with van der Waals surface area (Å²) >= 11 is 0. The zero-order valence-corrected chi connectivity index (χ0v) is 12.3. The predicted octanol–water partition coefficient (Wildman–Crippen LogP) is 3.81. The topological polar surface area (TPSA) is 43.7 Å². The molecule has 1 aromatic carbocycles. The van der Waals surface area contributed by atoms with Crippen LogP contribution in [-0.4, -0.2) is 27.7 Å². The lowest BCUT2D eigenvalue weighted by molar-refractivity contribution is 0.0307. The maximum Gasteiger partial charge on any atom is 0.119 e. The highest BCUT2D eigenvalue weighted by atomic mass is 16.3. The van der Waals surface area contributed by atoms with E-state index in [1.54, 1.807) is 12.1 Å². The fourth-order valence-corrected chi connectivity index (χ4v) is 4.19. The number of hydrogen-bond donors (Lipinski definition) is 2. The van der Waals surface area contributed by atoms with E-state index in [0.29, 0.717) is 6.04 Å². The minimum Gasteiger partial charge on any atom is -0.508 e. The molecule has 3 rings (SSSR count). The largest absolute Gasteiger partial charge is 0.508 e. The van der Waals surface area contributed by atoms with Gasteiger partial charge in [0.2, 0.25) is 0 Å². The van der Waals surface area contributed by atoms with Gasteiger partial charge in [0.1, 0.15) is 11.5 Å². The molecule has 1 aromatic rings. The minimum atomic E-state index is 0.157. The van der Waals surface area contributed by atoms with Crippen LogP contribution in [0.1, 0.15) is 57.1 Å². The van der Waals surface area contributed by atoms with Crippen LogP contribution in [0.4, 0.5) is 0 Å². The smallest absolute Gasteiger partial charge is 0.119 e. The minimum absolute atomic E-state index is 0.157. The Kier molecular flexibility index (Phi) is 3.88. The quantitative estimate of drug-likeness (QED) is 0.862. The Morgan fingerprint density at radius 3 is 2.40 bits per heavy atom. The monoisotopic (exact) mass is 275 g/mol. The zero-order valence-electron chi connectivity index (χ0n) is 12.3. The summed E-state index contributed by atoms with van der Waals surface area (Å²) in [5.74, 6) is 1.17. The molecule has 3 atom stereocenters. The summed E-state index contributed by atoms with van der Waals surface area (Å²) in [5, 5.41) is 19.4. The SMILES string of the molecule is CC(c1cc(O)cc(O)c1)N1CCC[C@H]2CCCC[C@H]21. The van der Waals surface area contributed by atoms with Gasteiger partial charge in [-0.25, -0.2) is 0 Å². The number of aromatic hydroxyl groups is 2. The van der Waals surface area contributed by atoms with E-state index < -0.39 is 0 Å². The summed E-state index contributed by atoms with van der Waals surface area (Å²) in [6, 6.07) is 5.93. The van der Waals surface area contributed by atoms with E-state index in [4.69, 9.17) is 0 Å². The molecule has 110 valence electrons. The summed E-state index contributed by atoms with van der Waals surface area (Å²) < 4.78 is 0. The molecule has 3 nitrogen and oxygen atoms in total. The molecular formula is C17H25NO2. The molecule has 0 radical (unpaired) electrons. The number of phenolic OH excluding ortho intramolecular Hbond substituents is 2. The molecule has 1 saturated carbocycles. The first-order chi connectivity index (χ1) is 9.65. The van der Waals surface area contributed by atoms with Gasteiger partial charge in [-0.05, 0) is 62.8 Å². The Balaban J connectivity index is 1.82. The Bertz CT molecular complexity index is 452. The third-order valence-corrected chi connectivity index (χ3v) is 5.19. The van der Waals surface area contributed by atoms with Crippen molar-refractivity contribution in [3.63, 3.8) is 0 Å². The first-order valence-corrected chi connectivity index (χ1v) is 7.94. The van der Waals surface area contributed by atoms with Crippen molar-refractivity contribution in [3.05, 3.63) is 23.8 Å². The molecule has 1 aliphatic carbocycles. The lowest BCUT2D eigenvalue weighted by atomic mass is 9.77. The van der Waals surface area contributed by atoms with Gasteiger partial charge >= 0.3 is 0 Å². The van der Waals surface area contributed by atoms with Crippen LogP contribution < -0.4 is 0 Å². The second-order valence-electron chi connectivity index (χ2n) is 6.45. The van der Waals surface area contributed by atoms with Gasteiger partial charge in [0.15, 0.2) is 0 Å². The van der Waals surface area contributed by atoms with E-state index >= 15 is 0 Å². The van der Waals surface area contributed by atoms with Gasteiger partial charge in [0.05, 0.1) is 0 Å². The lowest BCUT2D eigenvalue weighted by Gasteiger charge is -2.47. The molecule has 1 unspecified atom stereocenters. The first kappa shape index (κ1) is 13.7. The molecule has 0 bridgehead atoms. The Morgan fingerprint density at radius 1 is 1.00 bits per heavy atom. The second-order valence-corrected chi connectivity index (χ2v) is 6.45. The van der Waals surface area contributed by atoms with Gasteiger partial charge in [-0.3, -0.25) is 4.90 Å². The van der Waals surface area contributed by atoms with Crippen molar-refractivity contribution in [2.75, 3.05) is 6.54 Å². The van der Waals surface area contributed by atoms with Crippen molar-refractivity contribution < 1.29 is 10.2 Å². The number of hydrogen-bond acceptors (Lipinski definition) is 3. The van der Waals surface area contributed by atoms with Crippen LogP contribution in [-0.2, 0) is 0 Å². The fraction of sp³-hybridized carbons (Fsp3) is 0.647. The number of likely N-dealkylation sites (tertiary alicyclic amines) is 1. The third-order valence-electron chi connectivity index (χ3n) is 5.19. The van der Waals surface area contributed by atoms with Crippen LogP contribution in [0.5, 0.6) is 11.5 Å². The van der Waals surface area contributed by atoms with Crippen molar-refractivity contribution in [2.45, 2.75) is 57.5 Å². The zero-order chi connectivity index (χ0) is 14.1. The molecule has 0 spiro atoms. The summed E-state index contributed by atoms with van der Waals surface area (Å²) in [7, 11) is 0. The van der Waals surface area contributed by atoms with Gasteiger partial charge < -0.3 is 10.2 Å². The van der Waals surface area contributed by atoms with Crippen LogP contribution in [0.25, 0.3) is 0 Å². The summed E-state index contributed by atoms with van der Waals surface area (Å²) in [6.07, 6.45) is 8.06. The van der Waals surface area contributed by atoms with E-state index in [1.165, 1.54) is 44.6 Å². The number of benzene rings is 1. The van der Waals surface area contributed by atoms with Crippen LogP contribution >= 0.6 is 0 Å². The highest BCUT2D eigenvalue weighted by Crippen LogP contribution is 2.40. The van der Waals surface area contributed by atoms with Gasteiger partial charge in [0.25, 0.3) is 0 Å². The number of phenols is 2. The maximum atomic E-state index is 9.70. The normalized spacial score (nSPS) is 28.9. The molecule has 3 heteroatoms. The van der Waals surface area contributed by atoms with Crippen molar-refractivity contribution >= 4 is 0 Å². The predicted molar refractivity (Wildman–Crippen MR) is 79.9 cm³/mol. The molecule has 20 heavy (non-hydrogen) atoms. The van der Waals surface area contributed by atoms with Crippen LogP contribution in [0.2, 0.25) is 0 Å². The van der Waals surface area contributed by atoms with Crippen LogP contribution in [0.15, 0.2) is 18.2 Å². The van der Waals surface area contributed by atoms with E-state index in [-0.39, 0.29) is 17.5 Å². The number of fused-ring (bicyclic) bond motifs is 1. The maximum absolute atomic E-state index is 9.70. The van der Waals surface area contributed by atoms with Gasteiger partial charge in [-0.2, -0.15) is 0 Å². The van der Waals surface area contributed by atoms with Crippen LogP contribution in [0.3, 0.4) is 0 Å². The average molecular weight is 275 g/mol. The number of nitrogens with zero attached hydrogens (tertiary/aromatic N) is 1. The van der Waals surface area contributed by atoms with Crippen molar-refractivity contribution in [1.82, 2.24) is 4.90 Å². The fourth-order valence-electron chi connectivity index (χ4n) is 4.19. The summed E-state index contributed by atoms with van der Waals surface area (Å²) in [4.78, 5) is 2.60. The first-order valence-electron chi connectivity index (χ1n) is 7.94. The van der Waals surface area contributed by atoms with E-state index in [1.807, 2.05) is 0 Å². The van der Waals surface area contributed by atoms with E-state index in [2.05, 4.69) is 11.8 Å². The number of piperidine rings is 1. The van der Waals surface area contributed by atoms with Crippen molar-refractivity contribution in [3.8, 4) is 11.5 Å². The van der Waals surface area contributed by atoms with Crippen LogP contribution in [0, 0.1) is 5.92 Å². The van der Waals surface area contributed by atoms with Crippen molar-refractivity contribution in [2.24, 2.45) is 5.92 Å². The Hall–Kier alpha value is -1.22. The molecule has 0 aromatic heterocycles. The summed E-state index contributed by atoms with van der Waals surface area (Å²) in [5.41, 5.74) is 1.02. The number of rotatable bonds is 2. The van der Waals surface area contributed by atoms with Gasteiger partial charge in [-0.15, -0.1) is 0 Å². The van der Waals surface area contributed by atoms with E-state index in [9.17, 15) is 10.2 Å². The molecule has 2 fully saturated rings. The summed E-state index contributed by atoms with van der Waals surface area (Å²) in [6.45, 7) is 3.34.